The van der Waals surface area contributed by atoms with Gasteiger partial charge in [-0.25, -0.2) is 9.97 Å². The van der Waals surface area contributed by atoms with Gasteiger partial charge >= 0.3 is 0 Å². The molecule has 2 aromatic carbocycles. The quantitative estimate of drug-likeness (QED) is 0.490. The zero-order valence-corrected chi connectivity index (χ0v) is 18.1. The van der Waals surface area contributed by atoms with Gasteiger partial charge in [-0.1, -0.05) is 6.07 Å². The molecule has 0 spiro atoms. The molecular weight excluding hydrogens is 402 g/mol. The number of nitrogens with zero attached hydrogens (tertiary/aromatic N) is 4. The molecule has 1 aliphatic heterocycles. The van der Waals surface area contributed by atoms with Gasteiger partial charge in [0.05, 0.1) is 42.4 Å². The van der Waals surface area contributed by atoms with Crippen LogP contribution < -0.4 is 9.64 Å². The molecule has 1 saturated heterocycles. The van der Waals surface area contributed by atoms with E-state index in [1.807, 2.05) is 49.4 Å². The van der Waals surface area contributed by atoms with Gasteiger partial charge in [0.25, 0.3) is 0 Å². The molecule has 4 aromatic rings. The first-order chi connectivity index (χ1) is 15.6. The molecule has 2 aromatic heterocycles. The van der Waals surface area contributed by atoms with Gasteiger partial charge in [0.15, 0.2) is 0 Å². The summed E-state index contributed by atoms with van der Waals surface area (Å²) >= 11 is 0. The van der Waals surface area contributed by atoms with Gasteiger partial charge in [-0.05, 0) is 55.0 Å². The maximum atomic E-state index is 9.96. The first-order valence-electron chi connectivity index (χ1n) is 10.5. The van der Waals surface area contributed by atoms with Crippen LogP contribution in [0.2, 0.25) is 0 Å². The number of anilines is 1. The second-order valence-corrected chi connectivity index (χ2v) is 7.84. The Morgan fingerprint density at radius 3 is 2.72 bits per heavy atom. The van der Waals surface area contributed by atoms with Crippen LogP contribution in [0.3, 0.4) is 0 Å². The molecule has 32 heavy (non-hydrogen) atoms. The fourth-order valence-electron chi connectivity index (χ4n) is 3.98. The van der Waals surface area contributed by atoms with Crippen LogP contribution in [-0.2, 0) is 4.74 Å². The molecule has 0 saturated carbocycles. The average Bonchev–Trinajstić information content (AvgIpc) is 3.25. The molecular formula is C25H23N5O2. The van der Waals surface area contributed by atoms with E-state index in [1.165, 1.54) is 0 Å². The number of hydrogen-bond donors (Lipinski definition) is 1. The largest absolute Gasteiger partial charge is 0.497 e. The van der Waals surface area contributed by atoms with E-state index in [1.54, 1.807) is 7.11 Å². The number of hydrogen-bond acceptors (Lipinski definition) is 6. The number of aryl methyl sites for hydroxylation is 1. The van der Waals surface area contributed by atoms with Gasteiger partial charge in [0.2, 0.25) is 0 Å². The number of fused-ring (bicyclic) bond motifs is 2. The van der Waals surface area contributed by atoms with E-state index in [0.717, 1.165) is 57.7 Å². The number of pyridine rings is 1. The zero-order chi connectivity index (χ0) is 22.1. The monoisotopic (exact) mass is 425 g/mol. The number of nitriles is 1. The van der Waals surface area contributed by atoms with Gasteiger partial charge in [-0.3, -0.25) is 0 Å². The third-order valence-electron chi connectivity index (χ3n) is 5.65. The fraction of sp³-hybridized carbons (Fsp3) is 0.240. The van der Waals surface area contributed by atoms with E-state index >= 15 is 0 Å². The van der Waals surface area contributed by atoms with Gasteiger partial charge < -0.3 is 19.4 Å². The van der Waals surface area contributed by atoms with Crippen molar-refractivity contribution in [3.05, 3.63) is 59.4 Å². The second kappa shape index (κ2) is 8.33. The molecule has 7 heteroatoms. The average molecular weight is 425 g/mol. The van der Waals surface area contributed by atoms with Crippen LogP contribution in [0.15, 0.2) is 42.5 Å². The Labute approximate surface area is 185 Å². The number of allylic oxidation sites excluding steroid dienone is 1. The lowest BCUT2D eigenvalue weighted by Crippen LogP contribution is -2.37. The molecule has 1 N–H and O–H groups in total. The van der Waals surface area contributed by atoms with Crippen LogP contribution in [0.25, 0.3) is 33.6 Å². The molecule has 0 amide bonds. The summed E-state index contributed by atoms with van der Waals surface area (Å²) in [5.74, 6) is 2.15. The molecule has 1 fully saturated rings. The van der Waals surface area contributed by atoms with Crippen molar-refractivity contribution >= 4 is 39.4 Å². The molecule has 0 bridgehead atoms. The van der Waals surface area contributed by atoms with Crippen molar-refractivity contribution in [1.82, 2.24) is 15.0 Å². The molecule has 7 nitrogen and oxygen atoms in total. The Kier molecular flexibility index (Phi) is 5.21. The summed E-state index contributed by atoms with van der Waals surface area (Å²) in [4.78, 5) is 15.1. The van der Waals surface area contributed by atoms with Gasteiger partial charge in [-0.2, -0.15) is 5.26 Å². The number of methoxy groups -OCH3 is 1. The third-order valence-corrected chi connectivity index (χ3v) is 5.65. The number of H-pyrrole nitrogens is 1. The van der Waals surface area contributed by atoms with E-state index in [0.29, 0.717) is 24.6 Å². The molecule has 5 rings (SSSR count). The lowest BCUT2D eigenvalue weighted by atomic mass is 10.1. The molecule has 160 valence electrons. The van der Waals surface area contributed by atoms with E-state index in [9.17, 15) is 5.26 Å². The van der Waals surface area contributed by atoms with E-state index < -0.39 is 0 Å². The summed E-state index contributed by atoms with van der Waals surface area (Å²) in [6.07, 6.45) is 1.86. The highest BCUT2D eigenvalue weighted by atomic mass is 16.5. The zero-order valence-electron chi connectivity index (χ0n) is 18.1. The Morgan fingerprint density at radius 2 is 1.94 bits per heavy atom. The SMILES string of the molecule is COc1ccc2nc(N3CCOCC3)c(/C=C(/C#N)c3nc4ccc(C)cc4[nH]3)cc2c1. The predicted molar refractivity (Wildman–Crippen MR) is 126 cm³/mol. The highest BCUT2D eigenvalue weighted by Gasteiger charge is 2.18. The molecule has 0 aliphatic carbocycles. The standard InChI is InChI=1S/C25H23N5O2/c1-16-3-5-22-23(11-16)28-24(27-22)19(15-26)13-18-12-17-14-20(31-2)4-6-21(17)29-25(18)30-7-9-32-10-8-30/h3-6,11-14H,7-10H2,1-2H3,(H,27,28)/b19-13-. The fourth-order valence-corrected chi connectivity index (χ4v) is 3.98. The van der Waals surface area contributed by atoms with E-state index in [4.69, 9.17) is 14.5 Å². The molecule has 0 atom stereocenters. The molecule has 3 heterocycles. The Bertz CT molecular complexity index is 1380. The maximum Gasteiger partial charge on any atom is 0.149 e. The minimum atomic E-state index is 0.456. The van der Waals surface area contributed by atoms with Crippen molar-refractivity contribution in [3.8, 4) is 11.8 Å². The summed E-state index contributed by atoms with van der Waals surface area (Å²) in [5, 5.41) is 10.9. The maximum absolute atomic E-state index is 9.96. The Hall–Kier alpha value is -3.89. The van der Waals surface area contributed by atoms with Crippen LogP contribution in [-0.4, -0.2) is 48.4 Å². The number of rotatable bonds is 4. The lowest BCUT2D eigenvalue weighted by molar-refractivity contribution is 0.122. The molecule has 1 aliphatic rings. The number of imidazole rings is 1. The first-order valence-corrected chi connectivity index (χ1v) is 10.5. The minimum Gasteiger partial charge on any atom is -0.497 e. The number of nitrogens with one attached hydrogen (secondary N) is 1. The number of ether oxygens (including phenoxy) is 2. The predicted octanol–water partition coefficient (Wildman–Crippen LogP) is 4.33. The van der Waals surface area contributed by atoms with Crippen molar-refractivity contribution in [1.29, 1.82) is 5.26 Å². The van der Waals surface area contributed by atoms with Crippen molar-refractivity contribution in [2.24, 2.45) is 0 Å². The molecule has 0 unspecified atom stereocenters. The molecule has 0 radical (unpaired) electrons. The summed E-state index contributed by atoms with van der Waals surface area (Å²) in [7, 11) is 1.65. The topological polar surface area (TPSA) is 87.1 Å². The smallest absolute Gasteiger partial charge is 0.149 e. The van der Waals surface area contributed by atoms with Crippen molar-refractivity contribution in [2.45, 2.75) is 6.92 Å². The van der Waals surface area contributed by atoms with E-state index in [2.05, 4.69) is 27.0 Å². The normalized spacial score (nSPS) is 14.7. The van der Waals surface area contributed by atoms with Crippen LogP contribution in [0.1, 0.15) is 17.0 Å². The number of aromatic nitrogens is 3. The van der Waals surface area contributed by atoms with Crippen LogP contribution in [0.4, 0.5) is 5.82 Å². The Balaban J connectivity index is 1.66. The van der Waals surface area contributed by atoms with Gasteiger partial charge in [0.1, 0.15) is 23.5 Å². The minimum absolute atomic E-state index is 0.456. The summed E-state index contributed by atoms with van der Waals surface area (Å²) in [5.41, 5.74) is 5.08. The highest BCUT2D eigenvalue weighted by molar-refractivity contribution is 5.95. The van der Waals surface area contributed by atoms with E-state index in [-0.39, 0.29) is 0 Å². The van der Waals surface area contributed by atoms with Crippen LogP contribution in [0.5, 0.6) is 5.75 Å². The first kappa shape index (κ1) is 20.0. The van der Waals surface area contributed by atoms with Crippen molar-refractivity contribution in [2.75, 3.05) is 38.3 Å². The van der Waals surface area contributed by atoms with Crippen LogP contribution in [0, 0.1) is 18.3 Å². The summed E-state index contributed by atoms with van der Waals surface area (Å²) in [6, 6.07) is 16.2. The number of aromatic amines is 1. The van der Waals surface area contributed by atoms with Crippen LogP contribution >= 0.6 is 0 Å². The third kappa shape index (κ3) is 3.77. The number of morpholine rings is 1. The van der Waals surface area contributed by atoms with Gasteiger partial charge in [-0.15, -0.1) is 0 Å². The highest BCUT2D eigenvalue weighted by Crippen LogP contribution is 2.30. The van der Waals surface area contributed by atoms with Gasteiger partial charge in [0, 0.05) is 24.0 Å². The van der Waals surface area contributed by atoms with Crippen molar-refractivity contribution < 1.29 is 9.47 Å². The summed E-state index contributed by atoms with van der Waals surface area (Å²) in [6.45, 7) is 4.84. The van der Waals surface area contributed by atoms with Crippen molar-refractivity contribution in [3.63, 3.8) is 0 Å². The second-order valence-electron chi connectivity index (χ2n) is 7.84. The lowest BCUT2D eigenvalue weighted by Gasteiger charge is -2.29. The number of benzene rings is 2. The summed E-state index contributed by atoms with van der Waals surface area (Å²) < 4.78 is 10.9. The Morgan fingerprint density at radius 1 is 1.12 bits per heavy atom.